The number of benzene rings is 2. The fourth-order valence-electron chi connectivity index (χ4n) is 2.32. The standard InChI is InChI=1S/C17H17N3O2/c1-2-20-15-11-7-6-10-14(15)18-17(20)19-16(21)12-22-13-8-4-3-5-9-13/h3-11H,2,12H2,1H3,(H,18,19,21). The van der Waals surface area contributed by atoms with E-state index in [-0.39, 0.29) is 12.5 Å². The summed E-state index contributed by atoms with van der Waals surface area (Å²) in [7, 11) is 0. The van der Waals surface area contributed by atoms with Crippen molar-refractivity contribution in [3.63, 3.8) is 0 Å². The highest BCUT2D eigenvalue weighted by atomic mass is 16.5. The van der Waals surface area contributed by atoms with Gasteiger partial charge in [0, 0.05) is 6.54 Å². The van der Waals surface area contributed by atoms with Crippen LogP contribution in [-0.2, 0) is 11.3 Å². The first-order valence-corrected chi connectivity index (χ1v) is 7.21. The number of nitrogens with one attached hydrogen (secondary N) is 1. The first-order valence-electron chi connectivity index (χ1n) is 7.21. The van der Waals surface area contributed by atoms with E-state index in [1.165, 1.54) is 0 Å². The van der Waals surface area contributed by atoms with E-state index < -0.39 is 0 Å². The monoisotopic (exact) mass is 295 g/mol. The zero-order chi connectivity index (χ0) is 15.4. The summed E-state index contributed by atoms with van der Waals surface area (Å²) in [6.07, 6.45) is 0. The van der Waals surface area contributed by atoms with Crippen LogP contribution in [0.2, 0.25) is 0 Å². The molecule has 0 aliphatic rings. The number of anilines is 1. The Morgan fingerprint density at radius 2 is 1.86 bits per heavy atom. The number of imidazole rings is 1. The lowest BCUT2D eigenvalue weighted by atomic mass is 10.3. The third-order valence-electron chi connectivity index (χ3n) is 3.34. The van der Waals surface area contributed by atoms with E-state index in [0.29, 0.717) is 11.7 Å². The lowest BCUT2D eigenvalue weighted by Gasteiger charge is -2.08. The van der Waals surface area contributed by atoms with Gasteiger partial charge < -0.3 is 9.30 Å². The van der Waals surface area contributed by atoms with Gasteiger partial charge in [-0.1, -0.05) is 30.3 Å². The van der Waals surface area contributed by atoms with Crippen LogP contribution in [0, 0.1) is 0 Å². The number of hydrogen-bond donors (Lipinski definition) is 1. The first kappa shape index (κ1) is 14.1. The summed E-state index contributed by atoms with van der Waals surface area (Å²) in [4.78, 5) is 16.5. The number of nitrogens with zero attached hydrogens (tertiary/aromatic N) is 2. The van der Waals surface area contributed by atoms with Gasteiger partial charge in [-0.05, 0) is 31.2 Å². The predicted octanol–water partition coefficient (Wildman–Crippen LogP) is 3.07. The molecule has 3 rings (SSSR count). The zero-order valence-electron chi connectivity index (χ0n) is 12.3. The van der Waals surface area contributed by atoms with Gasteiger partial charge in [0.05, 0.1) is 11.0 Å². The first-order chi connectivity index (χ1) is 10.8. The lowest BCUT2D eigenvalue weighted by Crippen LogP contribution is -2.22. The molecule has 0 aliphatic carbocycles. The molecule has 22 heavy (non-hydrogen) atoms. The van der Waals surface area contributed by atoms with E-state index in [9.17, 15) is 4.79 Å². The summed E-state index contributed by atoms with van der Waals surface area (Å²) in [5.74, 6) is 0.987. The molecule has 0 spiro atoms. The number of fused-ring (bicyclic) bond motifs is 1. The quantitative estimate of drug-likeness (QED) is 0.787. The summed E-state index contributed by atoms with van der Waals surface area (Å²) in [6, 6.07) is 17.1. The van der Waals surface area contributed by atoms with Crippen molar-refractivity contribution < 1.29 is 9.53 Å². The van der Waals surface area contributed by atoms with Crippen LogP contribution in [0.15, 0.2) is 54.6 Å². The van der Waals surface area contributed by atoms with Crippen LogP contribution in [0.3, 0.4) is 0 Å². The third kappa shape index (κ3) is 2.93. The molecule has 5 heteroatoms. The van der Waals surface area contributed by atoms with Crippen molar-refractivity contribution in [1.82, 2.24) is 9.55 Å². The molecule has 0 unspecified atom stereocenters. The van der Waals surface area contributed by atoms with Gasteiger partial charge in [-0.15, -0.1) is 0 Å². The van der Waals surface area contributed by atoms with Gasteiger partial charge in [-0.2, -0.15) is 0 Å². The molecule has 112 valence electrons. The Hall–Kier alpha value is -2.82. The highest BCUT2D eigenvalue weighted by molar-refractivity contribution is 5.92. The van der Waals surface area contributed by atoms with Crippen molar-refractivity contribution >= 4 is 22.9 Å². The van der Waals surface area contributed by atoms with Crippen LogP contribution in [0.25, 0.3) is 11.0 Å². The molecule has 1 heterocycles. The van der Waals surface area contributed by atoms with Crippen LogP contribution in [0.5, 0.6) is 5.75 Å². The fourth-order valence-corrected chi connectivity index (χ4v) is 2.32. The Balaban J connectivity index is 1.71. The minimum absolute atomic E-state index is 0.0447. The molecule has 1 aromatic heterocycles. The zero-order valence-corrected chi connectivity index (χ0v) is 12.3. The molecule has 0 saturated carbocycles. The number of para-hydroxylation sites is 3. The molecular weight excluding hydrogens is 278 g/mol. The van der Waals surface area contributed by atoms with Crippen molar-refractivity contribution in [2.24, 2.45) is 0 Å². The minimum Gasteiger partial charge on any atom is -0.484 e. The lowest BCUT2D eigenvalue weighted by molar-refractivity contribution is -0.118. The molecule has 1 N–H and O–H groups in total. The number of aryl methyl sites for hydroxylation is 1. The number of aromatic nitrogens is 2. The Kier molecular flexibility index (Phi) is 4.05. The molecule has 2 aromatic carbocycles. The average molecular weight is 295 g/mol. The van der Waals surface area contributed by atoms with Crippen LogP contribution in [0.1, 0.15) is 6.92 Å². The number of rotatable bonds is 5. The van der Waals surface area contributed by atoms with Gasteiger partial charge in [-0.25, -0.2) is 4.98 Å². The maximum atomic E-state index is 12.0. The topological polar surface area (TPSA) is 56.2 Å². The van der Waals surface area contributed by atoms with Crippen molar-refractivity contribution in [3.05, 3.63) is 54.6 Å². The highest BCUT2D eigenvalue weighted by Crippen LogP contribution is 2.19. The number of hydrogen-bond acceptors (Lipinski definition) is 3. The van der Waals surface area contributed by atoms with Gasteiger partial charge in [0.2, 0.25) is 5.95 Å². The van der Waals surface area contributed by atoms with Crippen LogP contribution in [-0.4, -0.2) is 22.1 Å². The molecule has 0 radical (unpaired) electrons. The van der Waals surface area contributed by atoms with Gasteiger partial charge in [-0.3, -0.25) is 10.1 Å². The van der Waals surface area contributed by atoms with Crippen LogP contribution < -0.4 is 10.1 Å². The Labute approximate surface area is 128 Å². The summed E-state index contributed by atoms with van der Waals surface area (Å²) in [6.45, 7) is 2.71. The van der Waals surface area contributed by atoms with Crippen molar-refractivity contribution in [1.29, 1.82) is 0 Å². The second kappa shape index (κ2) is 6.30. The Morgan fingerprint density at radius 3 is 2.64 bits per heavy atom. The average Bonchev–Trinajstić information content (AvgIpc) is 2.91. The number of carbonyl (C=O) groups excluding carboxylic acids is 1. The molecule has 1 amide bonds. The second-order valence-electron chi connectivity index (χ2n) is 4.82. The van der Waals surface area contributed by atoms with E-state index in [4.69, 9.17) is 4.74 Å². The van der Waals surface area contributed by atoms with E-state index in [2.05, 4.69) is 10.3 Å². The summed E-state index contributed by atoms with van der Waals surface area (Å²) in [5.41, 5.74) is 1.87. The third-order valence-corrected chi connectivity index (χ3v) is 3.34. The highest BCUT2D eigenvalue weighted by Gasteiger charge is 2.12. The number of ether oxygens (including phenoxy) is 1. The van der Waals surface area contributed by atoms with Crippen molar-refractivity contribution in [2.75, 3.05) is 11.9 Å². The molecule has 0 aliphatic heterocycles. The van der Waals surface area contributed by atoms with Crippen molar-refractivity contribution in [2.45, 2.75) is 13.5 Å². The minimum atomic E-state index is -0.228. The summed E-state index contributed by atoms with van der Waals surface area (Å²) < 4.78 is 7.41. The van der Waals surface area contributed by atoms with Gasteiger partial charge in [0.1, 0.15) is 5.75 Å². The number of carbonyl (C=O) groups is 1. The normalized spacial score (nSPS) is 10.6. The fraction of sp³-hybridized carbons (Fsp3) is 0.176. The van der Waals surface area contributed by atoms with E-state index in [1.807, 2.05) is 66.1 Å². The van der Waals surface area contributed by atoms with Crippen LogP contribution in [0.4, 0.5) is 5.95 Å². The molecule has 0 saturated heterocycles. The summed E-state index contributed by atoms with van der Waals surface area (Å²) >= 11 is 0. The molecule has 0 atom stereocenters. The molecular formula is C17H17N3O2. The van der Waals surface area contributed by atoms with Gasteiger partial charge in [0.15, 0.2) is 6.61 Å². The predicted molar refractivity (Wildman–Crippen MR) is 86.0 cm³/mol. The van der Waals surface area contributed by atoms with Crippen LogP contribution >= 0.6 is 0 Å². The smallest absolute Gasteiger partial charge is 0.264 e. The van der Waals surface area contributed by atoms with E-state index >= 15 is 0 Å². The van der Waals surface area contributed by atoms with E-state index in [1.54, 1.807) is 0 Å². The van der Waals surface area contributed by atoms with E-state index in [0.717, 1.165) is 17.6 Å². The SMILES string of the molecule is CCn1c(NC(=O)COc2ccccc2)nc2ccccc21. The molecule has 0 bridgehead atoms. The summed E-state index contributed by atoms with van der Waals surface area (Å²) in [5, 5.41) is 2.81. The number of amides is 1. The largest absolute Gasteiger partial charge is 0.484 e. The van der Waals surface area contributed by atoms with Crippen molar-refractivity contribution in [3.8, 4) is 5.75 Å². The second-order valence-corrected chi connectivity index (χ2v) is 4.82. The van der Waals surface area contributed by atoms with Gasteiger partial charge in [0.25, 0.3) is 5.91 Å². The Morgan fingerprint density at radius 1 is 1.14 bits per heavy atom. The van der Waals surface area contributed by atoms with Gasteiger partial charge >= 0.3 is 0 Å². The Bertz CT molecular complexity index is 781. The molecule has 3 aromatic rings. The molecule has 5 nitrogen and oxygen atoms in total. The maximum Gasteiger partial charge on any atom is 0.264 e. The maximum absolute atomic E-state index is 12.0. The molecule has 0 fully saturated rings.